The Morgan fingerprint density at radius 2 is 2.30 bits per heavy atom. The molecule has 4 heteroatoms. The molecule has 1 aromatic rings. The summed E-state index contributed by atoms with van der Waals surface area (Å²) in [5.74, 6) is 0. The van der Waals surface area contributed by atoms with Crippen LogP contribution in [0.4, 0.5) is 0 Å². The van der Waals surface area contributed by atoms with Crippen molar-refractivity contribution in [1.29, 1.82) is 0 Å². The van der Waals surface area contributed by atoms with Gasteiger partial charge in [-0.05, 0) is 11.4 Å². The Morgan fingerprint density at radius 3 is 2.70 bits per heavy atom. The Bertz CT molecular complexity index is 164. The molecule has 0 bridgehead atoms. The van der Waals surface area contributed by atoms with Gasteiger partial charge < -0.3 is 11.5 Å². The van der Waals surface area contributed by atoms with Gasteiger partial charge in [0.25, 0.3) is 0 Å². The lowest BCUT2D eigenvalue weighted by Gasteiger charge is -2.02. The van der Waals surface area contributed by atoms with Crippen LogP contribution in [0.15, 0.2) is 17.5 Å². The second-order valence-electron chi connectivity index (χ2n) is 1.86. The van der Waals surface area contributed by atoms with E-state index in [1.54, 1.807) is 11.3 Å². The van der Waals surface area contributed by atoms with E-state index in [1.807, 2.05) is 17.5 Å². The summed E-state index contributed by atoms with van der Waals surface area (Å²) < 4.78 is 0. The molecule has 0 aliphatic heterocycles. The van der Waals surface area contributed by atoms with Gasteiger partial charge in [0.1, 0.15) is 0 Å². The van der Waals surface area contributed by atoms with Crippen molar-refractivity contribution in [1.82, 2.24) is 0 Å². The van der Waals surface area contributed by atoms with Crippen LogP contribution in [-0.4, -0.2) is 6.54 Å². The van der Waals surface area contributed by atoms with Gasteiger partial charge in [-0.15, -0.1) is 23.7 Å². The third-order valence-electron chi connectivity index (χ3n) is 1.16. The Morgan fingerprint density at radius 1 is 1.60 bits per heavy atom. The summed E-state index contributed by atoms with van der Waals surface area (Å²) in [5.41, 5.74) is 11.0. The van der Waals surface area contributed by atoms with Gasteiger partial charge in [0.2, 0.25) is 0 Å². The van der Waals surface area contributed by atoms with E-state index in [0.29, 0.717) is 6.54 Å². The molecule has 4 N–H and O–H groups in total. The van der Waals surface area contributed by atoms with E-state index >= 15 is 0 Å². The summed E-state index contributed by atoms with van der Waals surface area (Å²) >= 11 is 1.65. The number of hydrogen-bond acceptors (Lipinski definition) is 3. The molecule has 0 aliphatic carbocycles. The van der Waals surface area contributed by atoms with Crippen molar-refractivity contribution in [3.63, 3.8) is 0 Å². The molecule has 0 aliphatic rings. The molecule has 0 unspecified atom stereocenters. The van der Waals surface area contributed by atoms with Crippen molar-refractivity contribution in [2.75, 3.05) is 6.54 Å². The molecule has 58 valence electrons. The van der Waals surface area contributed by atoms with Gasteiger partial charge in [-0.2, -0.15) is 0 Å². The summed E-state index contributed by atoms with van der Waals surface area (Å²) in [5, 5.41) is 2.00. The molecule has 10 heavy (non-hydrogen) atoms. The van der Waals surface area contributed by atoms with Crippen LogP contribution in [0.1, 0.15) is 10.9 Å². The lowest BCUT2D eigenvalue weighted by Crippen LogP contribution is -2.19. The normalized spacial score (nSPS) is 12.2. The average Bonchev–Trinajstić information content (AvgIpc) is 2.37. The molecule has 1 heterocycles. The average molecular weight is 179 g/mol. The van der Waals surface area contributed by atoms with Crippen molar-refractivity contribution >= 4 is 23.7 Å². The zero-order valence-electron chi connectivity index (χ0n) is 5.49. The number of nitrogens with two attached hydrogens (primary N) is 2. The predicted octanol–water partition coefficient (Wildman–Crippen LogP) is 1.13. The highest BCUT2D eigenvalue weighted by Gasteiger charge is 2.01. The summed E-state index contributed by atoms with van der Waals surface area (Å²) in [4.78, 5) is 1.16. The Balaban J connectivity index is 0.000000810. The minimum Gasteiger partial charge on any atom is -0.329 e. The molecule has 0 saturated carbocycles. The second kappa shape index (κ2) is 4.68. The lowest BCUT2D eigenvalue weighted by molar-refractivity contribution is 0.752. The van der Waals surface area contributed by atoms with E-state index in [9.17, 15) is 0 Å². The van der Waals surface area contributed by atoms with Gasteiger partial charge in [-0.3, -0.25) is 0 Å². The van der Waals surface area contributed by atoms with Crippen LogP contribution >= 0.6 is 23.7 Å². The quantitative estimate of drug-likeness (QED) is 0.714. The first-order valence-corrected chi connectivity index (χ1v) is 3.71. The highest BCUT2D eigenvalue weighted by Crippen LogP contribution is 2.14. The molecule has 0 fully saturated rings. The minimum atomic E-state index is 0. The van der Waals surface area contributed by atoms with Crippen LogP contribution in [0.2, 0.25) is 0 Å². The first kappa shape index (κ1) is 9.91. The van der Waals surface area contributed by atoms with Crippen LogP contribution in [0.5, 0.6) is 0 Å². The Hall–Kier alpha value is -0.0900. The highest BCUT2D eigenvalue weighted by atomic mass is 35.5. The van der Waals surface area contributed by atoms with Crippen molar-refractivity contribution < 1.29 is 0 Å². The molecule has 0 spiro atoms. The maximum absolute atomic E-state index is 5.62. The zero-order valence-corrected chi connectivity index (χ0v) is 7.12. The standard InChI is InChI=1S/C6H10N2S.ClH/c7-4-5(8)6-2-1-3-9-6;/h1-3,5H,4,7-8H2;1H/t5-;/m0./s1. The number of halogens is 1. The fourth-order valence-electron chi connectivity index (χ4n) is 0.618. The van der Waals surface area contributed by atoms with E-state index in [-0.39, 0.29) is 18.4 Å². The molecule has 0 aromatic carbocycles. The largest absolute Gasteiger partial charge is 0.329 e. The van der Waals surface area contributed by atoms with Gasteiger partial charge in [-0.25, -0.2) is 0 Å². The first-order valence-electron chi connectivity index (χ1n) is 2.83. The summed E-state index contributed by atoms with van der Waals surface area (Å²) in [6.07, 6.45) is 0. The molecular formula is C6H11ClN2S. The summed E-state index contributed by atoms with van der Waals surface area (Å²) in [6.45, 7) is 0.528. The molecule has 0 saturated heterocycles. The van der Waals surface area contributed by atoms with Gasteiger partial charge in [0.05, 0.1) is 6.04 Å². The topological polar surface area (TPSA) is 52.0 Å². The third kappa shape index (κ3) is 2.27. The van der Waals surface area contributed by atoms with Gasteiger partial charge >= 0.3 is 0 Å². The third-order valence-corrected chi connectivity index (χ3v) is 2.17. The van der Waals surface area contributed by atoms with E-state index in [4.69, 9.17) is 11.5 Å². The number of rotatable bonds is 2. The molecule has 1 atom stereocenters. The maximum atomic E-state index is 5.62. The van der Waals surface area contributed by atoms with Crippen molar-refractivity contribution in [3.05, 3.63) is 22.4 Å². The summed E-state index contributed by atoms with van der Waals surface area (Å²) in [6, 6.07) is 4.02. The zero-order chi connectivity index (χ0) is 6.69. The fraction of sp³-hybridized carbons (Fsp3) is 0.333. The minimum absolute atomic E-state index is 0. The van der Waals surface area contributed by atoms with Gasteiger partial charge in [0.15, 0.2) is 0 Å². The lowest BCUT2D eigenvalue weighted by atomic mass is 10.3. The van der Waals surface area contributed by atoms with Gasteiger partial charge in [0, 0.05) is 11.4 Å². The smallest absolute Gasteiger partial charge is 0.0514 e. The van der Waals surface area contributed by atoms with E-state index in [1.165, 1.54) is 0 Å². The first-order chi connectivity index (χ1) is 4.34. The van der Waals surface area contributed by atoms with Crippen molar-refractivity contribution in [3.8, 4) is 0 Å². The summed E-state index contributed by atoms with van der Waals surface area (Å²) in [7, 11) is 0. The van der Waals surface area contributed by atoms with Crippen molar-refractivity contribution in [2.24, 2.45) is 11.5 Å². The van der Waals surface area contributed by atoms with E-state index < -0.39 is 0 Å². The van der Waals surface area contributed by atoms with Crippen LogP contribution in [0, 0.1) is 0 Å². The van der Waals surface area contributed by atoms with E-state index in [2.05, 4.69) is 0 Å². The van der Waals surface area contributed by atoms with Crippen molar-refractivity contribution in [2.45, 2.75) is 6.04 Å². The molecule has 1 aromatic heterocycles. The predicted molar refractivity (Wildman–Crippen MR) is 47.5 cm³/mol. The second-order valence-corrected chi connectivity index (χ2v) is 2.84. The highest BCUT2D eigenvalue weighted by molar-refractivity contribution is 7.10. The van der Waals surface area contributed by atoms with E-state index in [0.717, 1.165) is 4.88 Å². The monoisotopic (exact) mass is 178 g/mol. The van der Waals surface area contributed by atoms with Crippen LogP contribution in [0.3, 0.4) is 0 Å². The molecular weight excluding hydrogens is 168 g/mol. The maximum Gasteiger partial charge on any atom is 0.0514 e. The SMILES string of the molecule is Cl.NC[C@H](N)c1cccs1. The molecule has 2 nitrogen and oxygen atoms in total. The van der Waals surface area contributed by atoms with Crippen LogP contribution < -0.4 is 11.5 Å². The number of hydrogen-bond donors (Lipinski definition) is 2. The number of thiophene rings is 1. The fourth-order valence-corrected chi connectivity index (χ4v) is 1.36. The van der Waals surface area contributed by atoms with Crippen LogP contribution in [-0.2, 0) is 0 Å². The Kier molecular flexibility index (Phi) is 4.64. The van der Waals surface area contributed by atoms with Gasteiger partial charge in [-0.1, -0.05) is 6.07 Å². The molecule has 0 amide bonds. The molecule has 1 rings (SSSR count). The molecule has 0 radical (unpaired) electrons. The van der Waals surface area contributed by atoms with Crippen LogP contribution in [0.25, 0.3) is 0 Å². The Labute approximate surface area is 70.6 Å².